The fourth-order valence-corrected chi connectivity index (χ4v) is 1.98. The monoisotopic (exact) mass is 288 g/mol. The number of aryl methyl sites for hydroxylation is 2. The molecule has 0 aliphatic rings. The number of amides is 2. The highest BCUT2D eigenvalue weighted by Gasteiger charge is 2.06. The second kappa shape index (κ2) is 6.78. The first-order valence-electron chi connectivity index (χ1n) is 6.76. The van der Waals surface area contributed by atoms with Crippen molar-refractivity contribution in [3.05, 3.63) is 41.7 Å². The smallest absolute Gasteiger partial charge is 0.319 e. The summed E-state index contributed by atoms with van der Waals surface area (Å²) < 4.78 is 6.95. The number of hydrogen-bond donors (Lipinski definition) is 2. The van der Waals surface area contributed by atoms with Gasteiger partial charge in [0.05, 0.1) is 7.11 Å². The lowest BCUT2D eigenvalue weighted by molar-refractivity contribution is 0.252. The molecule has 2 N–H and O–H groups in total. The molecular formula is C15H20N4O2. The van der Waals surface area contributed by atoms with Gasteiger partial charge in [-0.05, 0) is 24.6 Å². The van der Waals surface area contributed by atoms with E-state index in [-0.39, 0.29) is 6.03 Å². The van der Waals surface area contributed by atoms with Crippen LogP contribution in [0.25, 0.3) is 0 Å². The van der Waals surface area contributed by atoms with Crippen molar-refractivity contribution < 1.29 is 9.53 Å². The molecule has 0 radical (unpaired) electrons. The predicted molar refractivity (Wildman–Crippen MR) is 81.7 cm³/mol. The van der Waals surface area contributed by atoms with Gasteiger partial charge in [0.15, 0.2) is 0 Å². The lowest BCUT2D eigenvalue weighted by atomic mass is 10.2. The van der Waals surface area contributed by atoms with Crippen LogP contribution in [-0.2, 0) is 13.5 Å². The van der Waals surface area contributed by atoms with Crippen molar-refractivity contribution in [2.45, 2.75) is 13.3 Å². The molecule has 0 spiro atoms. The number of rotatable bonds is 5. The van der Waals surface area contributed by atoms with Crippen LogP contribution < -0.4 is 15.4 Å². The van der Waals surface area contributed by atoms with Crippen LogP contribution in [0.5, 0.6) is 5.75 Å². The molecule has 0 atom stereocenters. The van der Waals surface area contributed by atoms with Crippen molar-refractivity contribution >= 4 is 11.7 Å². The highest BCUT2D eigenvalue weighted by Crippen LogP contribution is 2.21. The van der Waals surface area contributed by atoms with Crippen molar-refractivity contribution in [2.24, 2.45) is 7.05 Å². The third kappa shape index (κ3) is 3.98. The van der Waals surface area contributed by atoms with Crippen LogP contribution in [0.3, 0.4) is 0 Å². The quantitative estimate of drug-likeness (QED) is 0.885. The van der Waals surface area contributed by atoms with Crippen LogP contribution in [0, 0.1) is 6.92 Å². The summed E-state index contributed by atoms with van der Waals surface area (Å²) in [6.07, 6.45) is 2.48. The minimum Gasteiger partial charge on any atom is -0.497 e. The van der Waals surface area contributed by atoms with Gasteiger partial charge in [0.1, 0.15) is 5.75 Å². The van der Waals surface area contributed by atoms with E-state index in [4.69, 9.17) is 4.74 Å². The summed E-state index contributed by atoms with van der Waals surface area (Å²) in [5.41, 5.74) is 2.80. The fourth-order valence-electron chi connectivity index (χ4n) is 1.98. The number of carbonyl (C=O) groups is 1. The zero-order valence-corrected chi connectivity index (χ0v) is 12.5. The molecule has 2 aromatic rings. The van der Waals surface area contributed by atoms with Crippen LogP contribution in [0.4, 0.5) is 10.5 Å². The van der Waals surface area contributed by atoms with Crippen molar-refractivity contribution in [1.29, 1.82) is 0 Å². The maximum Gasteiger partial charge on any atom is 0.319 e. The van der Waals surface area contributed by atoms with Gasteiger partial charge in [-0.25, -0.2) is 4.79 Å². The van der Waals surface area contributed by atoms with Crippen molar-refractivity contribution in [3.63, 3.8) is 0 Å². The molecule has 0 unspecified atom stereocenters. The summed E-state index contributed by atoms with van der Waals surface area (Å²) in [6, 6.07) is 7.28. The first-order chi connectivity index (χ1) is 10.1. The van der Waals surface area contributed by atoms with Gasteiger partial charge in [0.2, 0.25) is 0 Å². The van der Waals surface area contributed by atoms with Gasteiger partial charge in [-0.2, -0.15) is 5.10 Å². The average molecular weight is 288 g/mol. The summed E-state index contributed by atoms with van der Waals surface area (Å²) in [4.78, 5) is 11.9. The van der Waals surface area contributed by atoms with E-state index in [0.29, 0.717) is 12.3 Å². The van der Waals surface area contributed by atoms with E-state index in [0.717, 1.165) is 23.4 Å². The molecule has 0 saturated heterocycles. The summed E-state index contributed by atoms with van der Waals surface area (Å²) in [5, 5.41) is 9.74. The maximum absolute atomic E-state index is 11.9. The van der Waals surface area contributed by atoms with Gasteiger partial charge in [-0.1, -0.05) is 6.07 Å². The number of urea groups is 1. The minimum absolute atomic E-state index is 0.228. The lowest BCUT2D eigenvalue weighted by Gasteiger charge is -2.11. The number of ether oxygens (including phenoxy) is 1. The number of benzene rings is 1. The Morgan fingerprint density at radius 1 is 1.38 bits per heavy atom. The molecule has 112 valence electrons. The molecule has 1 aromatic carbocycles. The lowest BCUT2D eigenvalue weighted by Crippen LogP contribution is -2.31. The number of anilines is 1. The first-order valence-corrected chi connectivity index (χ1v) is 6.76. The van der Waals surface area contributed by atoms with Crippen molar-refractivity contribution in [2.75, 3.05) is 19.0 Å². The SMILES string of the molecule is COc1ccc(C)c(NC(=O)NCCc2ccnn2C)c1. The molecule has 2 amide bonds. The van der Waals surface area contributed by atoms with Crippen molar-refractivity contribution in [3.8, 4) is 5.75 Å². The highest BCUT2D eigenvalue weighted by molar-refractivity contribution is 5.90. The molecule has 1 heterocycles. The van der Waals surface area contributed by atoms with Crippen LogP contribution in [-0.4, -0.2) is 29.5 Å². The molecule has 2 rings (SSSR count). The Morgan fingerprint density at radius 2 is 2.19 bits per heavy atom. The largest absolute Gasteiger partial charge is 0.497 e. The van der Waals surface area contributed by atoms with Gasteiger partial charge < -0.3 is 15.4 Å². The summed E-state index contributed by atoms with van der Waals surface area (Å²) in [7, 11) is 3.48. The molecule has 0 aliphatic carbocycles. The topological polar surface area (TPSA) is 68.2 Å². The molecule has 0 fully saturated rings. The molecule has 0 aliphatic heterocycles. The second-order valence-corrected chi connectivity index (χ2v) is 4.76. The number of aromatic nitrogens is 2. The maximum atomic E-state index is 11.9. The minimum atomic E-state index is -0.228. The molecule has 6 heteroatoms. The third-order valence-electron chi connectivity index (χ3n) is 3.28. The Hall–Kier alpha value is -2.50. The third-order valence-corrected chi connectivity index (χ3v) is 3.28. The normalized spacial score (nSPS) is 10.2. The van der Waals surface area contributed by atoms with Gasteiger partial charge in [-0.3, -0.25) is 4.68 Å². The number of hydrogen-bond acceptors (Lipinski definition) is 3. The van der Waals surface area contributed by atoms with E-state index in [9.17, 15) is 4.79 Å². The van der Waals surface area contributed by atoms with Crippen molar-refractivity contribution in [1.82, 2.24) is 15.1 Å². The van der Waals surface area contributed by atoms with Gasteiger partial charge in [0.25, 0.3) is 0 Å². The Morgan fingerprint density at radius 3 is 2.86 bits per heavy atom. The molecule has 6 nitrogen and oxygen atoms in total. The Kier molecular flexibility index (Phi) is 4.81. The van der Waals surface area contributed by atoms with Gasteiger partial charge >= 0.3 is 6.03 Å². The number of nitrogens with zero attached hydrogens (tertiary/aromatic N) is 2. The molecule has 0 bridgehead atoms. The summed E-state index contributed by atoms with van der Waals surface area (Å²) in [6.45, 7) is 2.49. The Bertz CT molecular complexity index is 622. The van der Waals surface area contributed by atoms with Gasteiger partial charge in [-0.15, -0.1) is 0 Å². The zero-order valence-electron chi connectivity index (χ0n) is 12.5. The zero-order chi connectivity index (χ0) is 15.2. The van der Waals surface area contributed by atoms with Gasteiger partial charge in [0, 0.05) is 43.7 Å². The first kappa shape index (κ1) is 14.9. The Balaban J connectivity index is 1.86. The number of nitrogens with one attached hydrogen (secondary N) is 2. The van der Waals surface area contributed by atoms with Crippen LogP contribution >= 0.6 is 0 Å². The average Bonchev–Trinajstić information content (AvgIpc) is 2.87. The standard InChI is InChI=1S/C15H20N4O2/c1-11-4-5-13(21-3)10-14(11)18-15(20)16-8-6-12-7-9-17-19(12)2/h4-5,7,9-10H,6,8H2,1-3H3,(H2,16,18,20). The van der Waals surface area contributed by atoms with E-state index < -0.39 is 0 Å². The number of methoxy groups -OCH3 is 1. The Labute approximate surface area is 124 Å². The molecular weight excluding hydrogens is 268 g/mol. The highest BCUT2D eigenvalue weighted by atomic mass is 16.5. The fraction of sp³-hybridized carbons (Fsp3) is 0.333. The summed E-state index contributed by atoms with van der Waals surface area (Å²) >= 11 is 0. The molecule has 1 aromatic heterocycles. The number of carbonyl (C=O) groups excluding carboxylic acids is 1. The van der Waals surface area contributed by atoms with E-state index >= 15 is 0 Å². The molecule has 0 saturated carbocycles. The van der Waals surface area contributed by atoms with E-state index in [2.05, 4.69) is 15.7 Å². The predicted octanol–water partition coefficient (Wildman–Crippen LogP) is 2.10. The van der Waals surface area contributed by atoms with E-state index in [1.54, 1.807) is 24.1 Å². The van der Waals surface area contributed by atoms with Crippen LogP contribution in [0.2, 0.25) is 0 Å². The van der Waals surface area contributed by atoms with Crippen LogP contribution in [0.15, 0.2) is 30.5 Å². The van der Waals surface area contributed by atoms with E-state index in [1.165, 1.54) is 0 Å². The molecule has 21 heavy (non-hydrogen) atoms. The summed E-state index contributed by atoms with van der Waals surface area (Å²) in [5.74, 6) is 0.714. The second-order valence-electron chi connectivity index (χ2n) is 4.76. The van der Waals surface area contributed by atoms with E-state index in [1.807, 2.05) is 32.2 Å². The van der Waals surface area contributed by atoms with Crippen LogP contribution in [0.1, 0.15) is 11.3 Å².